The molecule has 0 spiro atoms. The largest absolute Gasteiger partial charge is 0.444 e. The van der Waals surface area contributed by atoms with Crippen molar-refractivity contribution in [1.82, 2.24) is 4.90 Å². The van der Waals surface area contributed by atoms with Gasteiger partial charge in [-0.25, -0.2) is 4.79 Å². The molecule has 1 saturated heterocycles. The Morgan fingerprint density at radius 3 is 2.43 bits per heavy atom. The number of likely N-dealkylation sites (tertiary alicyclic amines) is 1. The van der Waals surface area contributed by atoms with Crippen molar-refractivity contribution in [1.29, 1.82) is 0 Å². The molecule has 1 aromatic rings. The van der Waals surface area contributed by atoms with Crippen LogP contribution in [0.15, 0.2) is 24.3 Å². The minimum absolute atomic E-state index is 0.158. The number of halogens is 1. The molecule has 1 aliphatic heterocycles. The van der Waals surface area contributed by atoms with Crippen LogP contribution >= 0.6 is 11.6 Å². The van der Waals surface area contributed by atoms with E-state index in [0.717, 1.165) is 5.56 Å². The minimum Gasteiger partial charge on any atom is -0.444 e. The van der Waals surface area contributed by atoms with Crippen LogP contribution < -0.4 is 0 Å². The Morgan fingerprint density at radius 1 is 1.35 bits per heavy atom. The molecule has 0 aromatic heterocycles. The Kier molecular flexibility index (Phi) is 5.23. The van der Waals surface area contributed by atoms with Crippen LogP contribution in [0.4, 0.5) is 4.79 Å². The summed E-state index contributed by atoms with van der Waals surface area (Å²) in [5.74, 6) is 0. The Labute approximate surface area is 142 Å². The first-order valence-corrected chi connectivity index (χ1v) is 8.03. The highest BCUT2D eigenvalue weighted by Crippen LogP contribution is 2.37. The number of rotatable bonds is 2. The molecule has 2 unspecified atom stereocenters. The van der Waals surface area contributed by atoms with Gasteiger partial charge in [0.2, 0.25) is 0 Å². The number of aliphatic hydroxyl groups excluding tert-OH is 1. The van der Waals surface area contributed by atoms with Crippen molar-refractivity contribution in [3.63, 3.8) is 0 Å². The van der Waals surface area contributed by atoms with Crippen LogP contribution in [-0.4, -0.2) is 48.0 Å². The Morgan fingerprint density at radius 2 is 1.96 bits per heavy atom. The van der Waals surface area contributed by atoms with Crippen LogP contribution in [0, 0.1) is 0 Å². The lowest BCUT2D eigenvalue weighted by Crippen LogP contribution is -2.56. The van der Waals surface area contributed by atoms with E-state index in [0.29, 0.717) is 18.0 Å². The zero-order valence-electron chi connectivity index (χ0n) is 14.0. The molecule has 6 heteroatoms. The molecule has 2 atom stereocenters. The van der Waals surface area contributed by atoms with E-state index in [9.17, 15) is 9.90 Å². The van der Waals surface area contributed by atoms with Gasteiger partial charge in [0.05, 0.1) is 6.54 Å². The van der Waals surface area contributed by atoms with Crippen molar-refractivity contribution in [3.8, 4) is 0 Å². The Hall–Kier alpha value is -1.30. The second-order valence-electron chi connectivity index (χ2n) is 6.79. The summed E-state index contributed by atoms with van der Waals surface area (Å²) in [6.45, 7) is 6.06. The summed E-state index contributed by atoms with van der Waals surface area (Å²) >= 11 is 5.93. The molecule has 1 amide bonds. The van der Waals surface area contributed by atoms with Gasteiger partial charge in [-0.2, -0.15) is 0 Å². The van der Waals surface area contributed by atoms with Crippen LogP contribution in [0.5, 0.6) is 0 Å². The van der Waals surface area contributed by atoms with Gasteiger partial charge in [0.25, 0.3) is 0 Å². The maximum absolute atomic E-state index is 12.2. The summed E-state index contributed by atoms with van der Waals surface area (Å²) in [5.41, 5.74) is -0.558. The average Bonchev–Trinajstić information content (AvgIpc) is 2.46. The Balaban J connectivity index is 2.15. The first kappa shape index (κ1) is 18.0. The van der Waals surface area contributed by atoms with E-state index in [1.807, 2.05) is 32.9 Å². The van der Waals surface area contributed by atoms with Gasteiger partial charge in [-0.1, -0.05) is 23.7 Å². The highest BCUT2D eigenvalue weighted by atomic mass is 35.5. The normalized spacial score (nSPS) is 25.3. The van der Waals surface area contributed by atoms with Crippen LogP contribution in [0.25, 0.3) is 0 Å². The molecule has 0 saturated carbocycles. The first-order valence-electron chi connectivity index (χ1n) is 7.65. The summed E-state index contributed by atoms with van der Waals surface area (Å²) in [6, 6.07) is 7.23. The zero-order valence-corrected chi connectivity index (χ0v) is 14.8. The van der Waals surface area contributed by atoms with E-state index in [1.165, 1.54) is 4.90 Å². The molecular weight excluding hydrogens is 318 g/mol. The van der Waals surface area contributed by atoms with Gasteiger partial charge >= 0.3 is 6.09 Å². The molecule has 0 bridgehead atoms. The molecule has 1 fully saturated rings. The Bertz CT molecular complexity index is 555. The van der Waals surface area contributed by atoms with E-state index in [2.05, 4.69) is 0 Å². The maximum atomic E-state index is 12.2. The summed E-state index contributed by atoms with van der Waals surface area (Å²) in [7, 11) is 1.57. The lowest BCUT2D eigenvalue weighted by atomic mass is 9.82. The van der Waals surface area contributed by atoms with Crippen molar-refractivity contribution >= 4 is 17.7 Å². The SMILES string of the molecule is COC1(c2ccc(Cl)cc2)CCN(C(=O)OC(C)(C)C)CC1O. The molecule has 2 rings (SSSR count). The monoisotopic (exact) mass is 341 g/mol. The lowest BCUT2D eigenvalue weighted by molar-refractivity contribution is -0.144. The van der Waals surface area contributed by atoms with E-state index in [4.69, 9.17) is 21.1 Å². The molecule has 128 valence electrons. The van der Waals surface area contributed by atoms with Gasteiger partial charge in [-0.15, -0.1) is 0 Å². The molecule has 1 aliphatic rings. The van der Waals surface area contributed by atoms with E-state index in [1.54, 1.807) is 19.2 Å². The molecular formula is C17H24ClNO4. The van der Waals surface area contributed by atoms with Gasteiger partial charge in [0.1, 0.15) is 17.3 Å². The van der Waals surface area contributed by atoms with Crippen molar-refractivity contribution in [2.24, 2.45) is 0 Å². The predicted molar refractivity (Wildman–Crippen MR) is 88.6 cm³/mol. The molecule has 1 aromatic carbocycles. The quantitative estimate of drug-likeness (QED) is 0.897. The van der Waals surface area contributed by atoms with Crippen LogP contribution in [-0.2, 0) is 15.1 Å². The van der Waals surface area contributed by atoms with Crippen LogP contribution in [0.3, 0.4) is 0 Å². The molecule has 0 radical (unpaired) electrons. The van der Waals surface area contributed by atoms with Gasteiger partial charge < -0.3 is 19.5 Å². The van der Waals surface area contributed by atoms with Crippen LogP contribution in [0.2, 0.25) is 5.02 Å². The standard InChI is InChI=1S/C17H24ClNO4/c1-16(2,3)23-15(21)19-10-9-17(22-4,14(20)11-19)12-5-7-13(18)8-6-12/h5-8,14,20H,9-11H2,1-4H3. The number of carbonyl (C=O) groups is 1. The van der Waals surface area contributed by atoms with E-state index in [-0.39, 0.29) is 6.54 Å². The van der Waals surface area contributed by atoms with Gasteiger partial charge in [0.15, 0.2) is 0 Å². The van der Waals surface area contributed by atoms with E-state index >= 15 is 0 Å². The van der Waals surface area contributed by atoms with Crippen molar-refractivity contribution in [2.45, 2.75) is 44.5 Å². The molecule has 5 nitrogen and oxygen atoms in total. The zero-order chi connectivity index (χ0) is 17.3. The highest BCUT2D eigenvalue weighted by molar-refractivity contribution is 6.30. The number of nitrogens with zero attached hydrogens (tertiary/aromatic N) is 1. The first-order chi connectivity index (χ1) is 10.7. The predicted octanol–water partition coefficient (Wildman–Crippen LogP) is 3.18. The summed E-state index contributed by atoms with van der Waals surface area (Å²) in [6.07, 6.45) is -0.793. The summed E-state index contributed by atoms with van der Waals surface area (Å²) in [5, 5.41) is 11.3. The fraction of sp³-hybridized carbons (Fsp3) is 0.588. The number of ether oxygens (including phenoxy) is 2. The number of hydrogen-bond donors (Lipinski definition) is 1. The number of aliphatic hydroxyl groups is 1. The number of benzene rings is 1. The topological polar surface area (TPSA) is 59.0 Å². The van der Waals surface area contributed by atoms with E-state index < -0.39 is 23.4 Å². The van der Waals surface area contributed by atoms with Gasteiger partial charge in [-0.05, 0) is 38.5 Å². The lowest BCUT2D eigenvalue weighted by Gasteiger charge is -2.44. The maximum Gasteiger partial charge on any atom is 0.410 e. The number of piperidine rings is 1. The van der Waals surface area contributed by atoms with Crippen LogP contribution in [0.1, 0.15) is 32.8 Å². The number of hydrogen-bond acceptors (Lipinski definition) is 4. The second kappa shape index (κ2) is 6.67. The fourth-order valence-electron chi connectivity index (χ4n) is 2.83. The molecule has 1 heterocycles. The number of carbonyl (C=O) groups excluding carboxylic acids is 1. The number of β-amino-alcohol motifs (C(OH)–C–C–N with tert-alkyl or cyclic N) is 1. The number of amides is 1. The molecule has 0 aliphatic carbocycles. The van der Waals surface area contributed by atoms with Crippen molar-refractivity contribution < 1.29 is 19.4 Å². The summed E-state index contributed by atoms with van der Waals surface area (Å²) < 4.78 is 11.0. The van der Waals surface area contributed by atoms with Crippen molar-refractivity contribution in [2.75, 3.05) is 20.2 Å². The molecule has 1 N–H and O–H groups in total. The fourth-order valence-corrected chi connectivity index (χ4v) is 2.96. The minimum atomic E-state index is -0.852. The summed E-state index contributed by atoms with van der Waals surface area (Å²) in [4.78, 5) is 13.7. The third kappa shape index (κ3) is 3.97. The van der Waals surface area contributed by atoms with Gasteiger partial charge in [-0.3, -0.25) is 0 Å². The second-order valence-corrected chi connectivity index (χ2v) is 7.23. The third-order valence-corrected chi connectivity index (χ3v) is 4.29. The third-order valence-electron chi connectivity index (χ3n) is 4.03. The van der Waals surface area contributed by atoms with Crippen molar-refractivity contribution in [3.05, 3.63) is 34.9 Å². The highest BCUT2D eigenvalue weighted by Gasteiger charge is 2.45. The number of methoxy groups -OCH3 is 1. The smallest absolute Gasteiger partial charge is 0.410 e. The van der Waals surface area contributed by atoms with Gasteiger partial charge in [0, 0.05) is 25.1 Å². The average molecular weight is 342 g/mol. The molecule has 23 heavy (non-hydrogen) atoms.